The first-order valence-corrected chi connectivity index (χ1v) is 7.17. The maximum Gasteiger partial charge on any atom is 0.515 e. The topological polar surface area (TPSA) is 40.6 Å². The summed E-state index contributed by atoms with van der Waals surface area (Å²) in [5, 5.41) is 2.62. The number of hydrogen-bond acceptors (Lipinski definition) is 5. The minimum atomic E-state index is -0.398. The summed E-state index contributed by atoms with van der Waals surface area (Å²) < 4.78 is 17.4. The summed E-state index contributed by atoms with van der Waals surface area (Å²) in [5.74, 6) is 0. The van der Waals surface area contributed by atoms with Crippen LogP contribution in [0, 0.1) is 0 Å². The highest BCUT2D eigenvalue weighted by Gasteiger charge is 2.52. The van der Waals surface area contributed by atoms with Crippen molar-refractivity contribution in [2.45, 2.75) is 52.2 Å². The molecule has 0 unspecified atom stereocenters. The van der Waals surface area contributed by atoms with Crippen molar-refractivity contribution in [2.75, 3.05) is 6.61 Å². The number of aromatic nitrogens is 1. The molecule has 0 spiro atoms. The lowest BCUT2D eigenvalue weighted by molar-refractivity contribution is 0.00578. The summed E-state index contributed by atoms with van der Waals surface area (Å²) in [6.07, 6.45) is 0.978. The van der Waals surface area contributed by atoms with Crippen LogP contribution in [0.1, 0.15) is 41.0 Å². The van der Waals surface area contributed by atoms with Gasteiger partial charge in [0.2, 0.25) is 0 Å². The molecular formula is C12H20BNO3S. The predicted octanol–water partition coefficient (Wildman–Crippen LogP) is 2.23. The molecule has 1 fully saturated rings. The van der Waals surface area contributed by atoms with E-state index >= 15 is 0 Å². The van der Waals surface area contributed by atoms with Crippen molar-refractivity contribution in [3.8, 4) is 5.19 Å². The molecule has 2 heterocycles. The van der Waals surface area contributed by atoms with Gasteiger partial charge in [0.1, 0.15) is 0 Å². The van der Waals surface area contributed by atoms with Gasteiger partial charge in [-0.25, -0.2) is 4.98 Å². The van der Waals surface area contributed by atoms with E-state index in [0.717, 1.165) is 12.0 Å². The zero-order valence-electron chi connectivity index (χ0n) is 11.6. The van der Waals surface area contributed by atoms with E-state index in [0.29, 0.717) is 11.8 Å². The summed E-state index contributed by atoms with van der Waals surface area (Å²) in [6, 6.07) is 0. The quantitative estimate of drug-likeness (QED) is 0.786. The molecule has 1 aliphatic rings. The fourth-order valence-electron chi connectivity index (χ4n) is 1.60. The Morgan fingerprint density at radius 1 is 1.28 bits per heavy atom. The highest BCUT2D eigenvalue weighted by Crippen LogP contribution is 2.36. The lowest BCUT2D eigenvalue weighted by Gasteiger charge is -2.32. The number of rotatable bonds is 4. The van der Waals surface area contributed by atoms with Crippen LogP contribution in [0.2, 0.25) is 0 Å². The summed E-state index contributed by atoms with van der Waals surface area (Å²) in [4.78, 5) is 4.41. The Kier molecular flexibility index (Phi) is 3.71. The number of ether oxygens (including phenoxy) is 1. The molecule has 1 saturated heterocycles. The van der Waals surface area contributed by atoms with Crippen LogP contribution in [0.25, 0.3) is 0 Å². The van der Waals surface area contributed by atoms with Crippen molar-refractivity contribution >= 4 is 24.0 Å². The summed E-state index contributed by atoms with van der Waals surface area (Å²) in [7, 11) is -0.398. The van der Waals surface area contributed by atoms with Gasteiger partial charge < -0.3 is 14.0 Å². The normalized spacial score (nSPS) is 21.3. The Labute approximate surface area is 113 Å². The van der Waals surface area contributed by atoms with Crippen LogP contribution >= 0.6 is 11.3 Å². The zero-order valence-corrected chi connectivity index (χ0v) is 12.5. The number of nitrogens with zero attached hydrogens (tertiary/aromatic N) is 1. The summed E-state index contributed by atoms with van der Waals surface area (Å²) >= 11 is 1.48. The summed E-state index contributed by atoms with van der Waals surface area (Å²) in [5.41, 5.74) is 0.141. The van der Waals surface area contributed by atoms with Crippen LogP contribution < -0.4 is 10.3 Å². The lowest BCUT2D eigenvalue weighted by atomic mass is 9.86. The predicted molar refractivity (Wildman–Crippen MR) is 73.6 cm³/mol. The van der Waals surface area contributed by atoms with E-state index in [1.807, 2.05) is 33.1 Å². The molecule has 0 aliphatic carbocycles. The molecule has 2 rings (SSSR count). The smallest absolute Gasteiger partial charge is 0.470 e. The Morgan fingerprint density at radius 3 is 2.44 bits per heavy atom. The molecule has 0 atom stereocenters. The van der Waals surface area contributed by atoms with Crippen LogP contribution in [0.4, 0.5) is 0 Å². The molecule has 0 radical (unpaired) electrons. The highest BCUT2D eigenvalue weighted by molar-refractivity contribution is 7.12. The van der Waals surface area contributed by atoms with E-state index in [4.69, 9.17) is 14.0 Å². The maximum absolute atomic E-state index is 5.93. The molecule has 0 saturated carbocycles. The number of thiazole rings is 1. The minimum Gasteiger partial charge on any atom is -0.470 e. The van der Waals surface area contributed by atoms with Crippen molar-refractivity contribution in [1.29, 1.82) is 0 Å². The van der Waals surface area contributed by atoms with Gasteiger partial charge >= 0.3 is 7.12 Å². The second-order valence-corrected chi connectivity index (χ2v) is 6.30. The van der Waals surface area contributed by atoms with Gasteiger partial charge in [-0.3, -0.25) is 0 Å². The van der Waals surface area contributed by atoms with E-state index in [1.54, 1.807) is 0 Å². The Bertz CT molecular complexity index is 403. The van der Waals surface area contributed by atoms with Gasteiger partial charge in [0.05, 0.1) is 23.4 Å². The number of hydrogen-bond donors (Lipinski definition) is 0. The van der Waals surface area contributed by atoms with Crippen molar-refractivity contribution < 1.29 is 14.0 Å². The first-order valence-electron chi connectivity index (χ1n) is 6.29. The average Bonchev–Trinajstić information content (AvgIpc) is 2.80. The monoisotopic (exact) mass is 269 g/mol. The molecule has 0 bridgehead atoms. The second kappa shape index (κ2) is 4.83. The Hall–Kier alpha value is -0.585. The molecule has 6 heteroatoms. The maximum atomic E-state index is 5.93. The van der Waals surface area contributed by atoms with E-state index in [1.165, 1.54) is 11.3 Å². The van der Waals surface area contributed by atoms with E-state index in [2.05, 4.69) is 11.9 Å². The SMILES string of the molecule is CCCOc1nc(B2OC(C)(C)C(C)(C)O2)cs1. The third-order valence-corrected chi connectivity index (χ3v) is 4.20. The third kappa shape index (κ3) is 2.55. The standard InChI is InChI=1S/C12H20BNO3S/c1-6-7-15-10-14-9(8-18-10)13-16-11(2,3)12(4,5)17-13/h8H,6-7H2,1-5H3. The van der Waals surface area contributed by atoms with Crippen LogP contribution in [-0.4, -0.2) is 29.9 Å². The van der Waals surface area contributed by atoms with E-state index in [-0.39, 0.29) is 11.2 Å². The van der Waals surface area contributed by atoms with Gasteiger partial charge in [0.15, 0.2) is 0 Å². The fourth-order valence-corrected chi connectivity index (χ4v) is 2.29. The molecule has 0 amide bonds. The molecule has 100 valence electrons. The molecule has 0 N–H and O–H groups in total. The van der Waals surface area contributed by atoms with Gasteiger partial charge in [-0.05, 0) is 34.1 Å². The van der Waals surface area contributed by atoms with Crippen molar-refractivity contribution in [2.24, 2.45) is 0 Å². The van der Waals surface area contributed by atoms with Crippen LogP contribution in [0.5, 0.6) is 5.19 Å². The van der Waals surface area contributed by atoms with Gasteiger partial charge in [0.25, 0.3) is 5.19 Å². The van der Waals surface area contributed by atoms with Gasteiger partial charge in [-0.1, -0.05) is 18.3 Å². The average molecular weight is 269 g/mol. The molecule has 1 aromatic rings. The zero-order chi connectivity index (χ0) is 13.4. The minimum absolute atomic E-state index is 0.328. The molecule has 4 nitrogen and oxygen atoms in total. The van der Waals surface area contributed by atoms with Crippen LogP contribution in [0.3, 0.4) is 0 Å². The second-order valence-electron chi connectivity index (χ2n) is 5.47. The van der Waals surface area contributed by atoms with Crippen LogP contribution in [-0.2, 0) is 9.31 Å². The molecule has 0 aromatic carbocycles. The van der Waals surface area contributed by atoms with Crippen molar-refractivity contribution in [1.82, 2.24) is 4.98 Å². The molecule has 18 heavy (non-hydrogen) atoms. The van der Waals surface area contributed by atoms with Crippen molar-refractivity contribution in [3.63, 3.8) is 0 Å². The fraction of sp³-hybridized carbons (Fsp3) is 0.750. The van der Waals surface area contributed by atoms with Crippen LogP contribution in [0.15, 0.2) is 5.38 Å². The van der Waals surface area contributed by atoms with Gasteiger partial charge in [-0.2, -0.15) is 0 Å². The molecule has 1 aromatic heterocycles. The lowest BCUT2D eigenvalue weighted by Crippen LogP contribution is -2.41. The Balaban J connectivity index is 2.07. The van der Waals surface area contributed by atoms with E-state index in [9.17, 15) is 0 Å². The highest BCUT2D eigenvalue weighted by atomic mass is 32.1. The van der Waals surface area contributed by atoms with Gasteiger partial charge in [0, 0.05) is 5.38 Å². The molecular weight excluding hydrogens is 249 g/mol. The molecule has 1 aliphatic heterocycles. The van der Waals surface area contributed by atoms with Crippen molar-refractivity contribution in [3.05, 3.63) is 5.38 Å². The summed E-state index contributed by atoms with van der Waals surface area (Å²) in [6.45, 7) is 10.9. The van der Waals surface area contributed by atoms with Gasteiger partial charge in [-0.15, -0.1) is 0 Å². The Morgan fingerprint density at radius 2 is 1.89 bits per heavy atom. The first-order chi connectivity index (χ1) is 8.36. The largest absolute Gasteiger partial charge is 0.515 e. The third-order valence-electron chi connectivity index (χ3n) is 3.43. The van der Waals surface area contributed by atoms with E-state index < -0.39 is 7.12 Å². The first kappa shape index (κ1) is 13.8.